The fraction of sp³-hybridized carbons (Fsp3) is 0.667. The maximum atomic E-state index is 3.84. The Balaban J connectivity index is 1.71. The maximum Gasteiger partial charge on any atom is 0.0345 e. The van der Waals surface area contributed by atoms with E-state index in [-0.39, 0.29) is 0 Å². The highest BCUT2D eigenvalue weighted by Crippen LogP contribution is 2.32. The number of hydrogen-bond donors (Lipinski definition) is 2. The van der Waals surface area contributed by atoms with Gasteiger partial charge in [-0.15, -0.1) is 0 Å². The van der Waals surface area contributed by atoms with Gasteiger partial charge in [0.05, 0.1) is 0 Å². The average molecular weight is 272 g/mol. The number of anilines is 1. The Morgan fingerprint density at radius 2 is 1.85 bits per heavy atom. The molecule has 20 heavy (non-hydrogen) atoms. The van der Waals surface area contributed by atoms with E-state index in [2.05, 4.69) is 42.7 Å². The van der Waals surface area contributed by atoms with Crippen molar-refractivity contribution in [3.63, 3.8) is 0 Å². The summed E-state index contributed by atoms with van der Waals surface area (Å²) in [6, 6.07) is 8.20. The van der Waals surface area contributed by atoms with Crippen molar-refractivity contribution in [3.8, 4) is 0 Å². The molecular weight excluding hydrogens is 244 g/mol. The fourth-order valence-corrected chi connectivity index (χ4v) is 3.94. The minimum atomic E-state index is 0.654. The fourth-order valence-electron chi connectivity index (χ4n) is 3.94. The summed E-state index contributed by atoms with van der Waals surface area (Å²) in [5.74, 6) is 0.813. The lowest BCUT2D eigenvalue weighted by atomic mass is 9.79. The lowest BCUT2D eigenvalue weighted by Gasteiger charge is -2.37. The number of rotatable bonds is 3. The van der Waals surface area contributed by atoms with Crippen LogP contribution in [0.5, 0.6) is 0 Å². The molecule has 0 radical (unpaired) electrons. The quantitative estimate of drug-likeness (QED) is 0.868. The molecule has 1 heterocycles. The Morgan fingerprint density at radius 3 is 2.60 bits per heavy atom. The highest BCUT2D eigenvalue weighted by atomic mass is 15.0. The second-order valence-electron chi connectivity index (χ2n) is 6.70. The second kappa shape index (κ2) is 6.17. The van der Waals surface area contributed by atoms with Gasteiger partial charge in [0, 0.05) is 17.8 Å². The first-order valence-electron chi connectivity index (χ1n) is 8.31. The van der Waals surface area contributed by atoms with Crippen molar-refractivity contribution in [2.24, 2.45) is 5.92 Å². The van der Waals surface area contributed by atoms with Gasteiger partial charge in [0.15, 0.2) is 0 Å². The molecule has 2 heteroatoms. The molecule has 0 bridgehead atoms. The van der Waals surface area contributed by atoms with E-state index >= 15 is 0 Å². The first-order valence-corrected chi connectivity index (χ1v) is 8.31. The summed E-state index contributed by atoms with van der Waals surface area (Å²) < 4.78 is 0. The van der Waals surface area contributed by atoms with Crippen LogP contribution in [-0.4, -0.2) is 18.6 Å². The molecule has 1 saturated heterocycles. The Labute approximate surface area is 123 Å². The van der Waals surface area contributed by atoms with Gasteiger partial charge in [0.2, 0.25) is 0 Å². The van der Waals surface area contributed by atoms with E-state index in [0.717, 1.165) is 12.0 Å². The predicted octanol–water partition coefficient (Wildman–Crippen LogP) is 4.03. The van der Waals surface area contributed by atoms with Crippen molar-refractivity contribution in [3.05, 3.63) is 29.3 Å². The van der Waals surface area contributed by atoms with Crippen LogP contribution in [0.15, 0.2) is 18.2 Å². The van der Waals surface area contributed by atoms with E-state index in [1.807, 2.05) is 0 Å². The predicted molar refractivity (Wildman–Crippen MR) is 86.3 cm³/mol. The van der Waals surface area contributed by atoms with Crippen LogP contribution < -0.4 is 10.6 Å². The number of benzene rings is 1. The van der Waals surface area contributed by atoms with Crippen molar-refractivity contribution in [2.75, 3.05) is 11.9 Å². The van der Waals surface area contributed by atoms with E-state index in [1.165, 1.54) is 61.9 Å². The molecule has 2 aliphatic rings. The van der Waals surface area contributed by atoms with E-state index in [4.69, 9.17) is 0 Å². The van der Waals surface area contributed by atoms with Crippen LogP contribution in [0.2, 0.25) is 0 Å². The summed E-state index contributed by atoms with van der Waals surface area (Å²) in [6.45, 7) is 5.61. The number of hydrogen-bond acceptors (Lipinski definition) is 2. The van der Waals surface area contributed by atoms with Crippen molar-refractivity contribution >= 4 is 5.69 Å². The van der Waals surface area contributed by atoms with E-state index in [1.54, 1.807) is 0 Å². The maximum absolute atomic E-state index is 3.84. The topological polar surface area (TPSA) is 24.1 Å². The first kappa shape index (κ1) is 13.9. The van der Waals surface area contributed by atoms with Gasteiger partial charge in [0.1, 0.15) is 0 Å². The SMILES string of the molecule is Cc1ccc(NC2CCCCC2C2CCCN2)cc1C. The average Bonchev–Trinajstić information content (AvgIpc) is 2.97. The van der Waals surface area contributed by atoms with Crippen molar-refractivity contribution in [1.29, 1.82) is 0 Å². The third-order valence-corrected chi connectivity index (χ3v) is 5.29. The third-order valence-electron chi connectivity index (χ3n) is 5.29. The highest BCUT2D eigenvalue weighted by molar-refractivity contribution is 5.49. The Kier molecular flexibility index (Phi) is 4.30. The summed E-state index contributed by atoms with van der Waals surface area (Å²) in [5, 5.41) is 7.56. The van der Waals surface area contributed by atoms with Gasteiger partial charge in [-0.25, -0.2) is 0 Å². The number of nitrogens with one attached hydrogen (secondary N) is 2. The summed E-state index contributed by atoms with van der Waals surface area (Å²) in [7, 11) is 0. The van der Waals surface area contributed by atoms with Gasteiger partial charge in [0.25, 0.3) is 0 Å². The van der Waals surface area contributed by atoms with Crippen LogP contribution in [0.3, 0.4) is 0 Å². The minimum Gasteiger partial charge on any atom is -0.382 e. The molecule has 110 valence electrons. The van der Waals surface area contributed by atoms with Gasteiger partial charge >= 0.3 is 0 Å². The smallest absolute Gasteiger partial charge is 0.0345 e. The van der Waals surface area contributed by atoms with E-state index < -0.39 is 0 Å². The molecule has 0 aromatic heterocycles. The first-order chi connectivity index (χ1) is 9.74. The monoisotopic (exact) mass is 272 g/mol. The molecule has 2 nitrogen and oxygen atoms in total. The van der Waals surface area contributed by atoms with Crippen LogP contribution in [-0.2, 0) is 0 Å². The van der Waals surface area contributed by atoms with Crippen molar-refractivity contribution < 1.29 is 0 Å². The molecule has 1 aromatic rings. The Bertz CT molecular complexity index is 449. The zero-order valence-corrected chi connectivity index (χ0v) is 12.9. The third kappa shape index (κ3) is 3.01. The number of aryl methyl sites for hydroxylation is 2. The van der Waals surface area contributed by atoms with Crippen molar-refractivity contribution in [2.45, 2.75) is 64.5 Å². The molecule has 0 spiro atoms. The van der Waals surface area contributed by atoms with Gasteiger partial charge in [-0.05, 0) is 75.3 Å². The van der Waals surface area contributed by atoms with Crippen LogP contribution in [0.1, 0.15) is 49.7 Å². The molecule has 1 aromatic carbocycles. The molecule has 3 unspecified atom stereocenters. The zero-order valence-electron chi connectivity index (χ0n) is 12.9. The molecule has 1 saturated carbocycles. The largest absolute Gasteiger partial charge is 0.382 e. The molecule has 0 amide bonds. The molecule has 3 rings (SSSR count). The molecular formula is C18H28N2. The lowest BCUT2D eigenvalue weighted by Crippen LogP contribution is -2.43. The van der Waals surface area contributed by atoms with Gasteiger partial charge in [-0.2, -0.15) is 0 Å². The minimum absolute atomic E-state index is 0.654. The Morgan fingerprint density at radius 1 is 1.00 bits per heavy atom. The highest BCUT2D eigenvalue weighted by Gasteiger charge is 2.33. The van der Waals surface area contributed by atoms with Gasteiger partial charge in [-0.1, -0.05) is 18.9 Å². The summed E-state index contributed by atoms with van der Waals surface area (Å²) >= 11 is 0. The van der Waals surface area contributed by atoms with Crippen LogP contribution in [0, 0.1) is 19.8 Å². The summed E-state index contributed by atoms with van der Waals surface area (Å²) in [6.07, 6.45) is 8.24. The molecule has 3 atom stereocenters. The zero-order chi connectivity index (χ0) is 13.9. The van der Waals surface area contributed by atoms with E-state index in [0.29, 0.717) is 6.04 Å². The van der Waals surface area contributed by atoms with Gasteiger partial charge in [-0.3, -0.25) is 0 Å². The van der Waals surface area contributed by atoms with Crippen LogP contribution in [0.4, 0.5) is 5.69 Å². The van der Waals surface area contributed by atoms with Crippen LogP contribution in [0.25, 0.3) is 0 Å². The Hall–Kier alpha value is -1.02. The van der Waals surface area contributed by atoms with E-state index in [9.17, 15) is 0 Å². The molecule has 2 fully saturated rings. The standard InChI is InChI=1S/C18H28N2/c1-13-9-10-15(12-14(13)2)20-18-7-4-3-6-16(18)17-8-5-11-19-17/h9-10,12,16-20H,3-8,11H2,1-2H3. The van der Waals surface area contributed by atoms with Crippen LogP contribution >= 0.6 is 0 Å². The van der Waals surface area contributed by atoms with Gasteiger partial charge < -0.3 is 10.6 Å². The second-order valence-corrected chi connectivity index (χ2v) is 6.70. The van der Waals surface area contributed by atoms with Crippen molar-refractivity contribution in [1.82, 2.24) is 5.32 Å². The normalized spacial score (nSPS) is 30.4. The lowest BCUT2D eigenvalue weighted by molar-refractivity contribution is 0.263. The molecule has 1 aliphatic carbocycles. The summed E-state index contributed by atoms with van der Waals surface area (Å²) in [5.41, 5.74) is 4.08. The summed E-state index contributed by atoms with van der Waals surface area (Å²) in [4.78, 5) is 0. The molecule has 1 aliphatic heterocycles. The molecule has 2 N–H and O–H groups in total.